The van der Waals surface area contributed by atoms with E-state index in [1.54, 1.807) is 28.8 Å². The number of hydrogen-bond donors (Lipinski definition) is 1. The highest BCUT2D eigenvalue weighted by molar-refractivity contribution is 5.97. The molecule has 3 aromatic carbocycles. The molecule has 0 spiro atoms. The van der Waals surface area contributed by atoms with Crippen molar-refractivity contribution in [3.8, 4) is 17.4 Å². The van der Waals surface area contributed by atoms with Crippen molar-refractivity contribution in [2.24, 2.45) is 10.2 Å². The van der Waals surface area contributed by atoms with E-state index in [0.717, 1.165) is 24.0 Å². The zero-order chi connectivity index (χ0) is 23.3. The van der Waals surface area contributed by atoms with E-state index < -0.39 is 5.91 Å². The van der Waals surface area contributed by atoms with Crippen LogP contribution < -0.4 is 4.74 Å². The number of carbonyl (C=O) groups excluding carboxylic acids is 1. The molecule has 1 aliphatic heterocycles. The first-order valence-corrected chi connectivity index (χ1v) is 11.1. The fraction of sp³-hybridized carbons (Fsp3) is 0.192. The van der Waals surface area contributed by atoms with Crippen LogP contribution in [0.25, 0.3) is 10.9 Å². The van der Waals surface area contributed by atoms with E-state index in [0.29, 0.717) is 36.9 Å². The van der Waals surface area contributed by atoms with Gasteiger partial charge in [0.05, 0.1) is 25.4 Å². The standard InChI is InChI=1S/C26H24N4O4/c31-25(19-7-6-10-21(17-19)34-20-8-2-1-3-9-20)28-27-24-22-11-4-5-12-23(22)30(26(24)32)18-29-13-15-33-16-14-29/h1-12,17,32H,13-16,18H2. The third-order valence-electron chi connectivity index (χ3n) is 5.66. The zero-order valence-electron chi connectivity index (χ0n) is 18.5. The number of para-hydroxylation sites is 2. The van der Waals surface area contributed by atoms with Gasteiger partial charge in [-0.2, -0.15) is 0 Å². The maximum Gasteiger partial charge on any atom is 0.295 e. The molecule has 1 amide bonds. The highest BCUT2D eigenvalue weighted by Crippen LogP contribution is 2.39. The van der Waals surface area contributed by atoms with Crippen molar-refractivity contribution in [3.63, 3.8) is 0 Å². The molecule has 8 heteroatoms. The molecule has 1 aromatic heterocycles. The van der Waals surface area contributed by atoms with Gasteiger partial charge in [0.25, 0.3) is 5.91 Å². The first-order valence-electron chi connectivity index (χ1n) is 11.1. The molecule has 8 nitrogen and oxygen atoms in total. The summed E-state index contributed by atoms with van der Waals surface area (Å²) >= 11 is 0. The van der Waals surface area contributed by atoms with E-state index in [-0.39, 0.29) is 11.6 Å². The zero-order valence-corrected chi connectivity index (χ0v) is 18.5. The molecule has 5 rings (SSSR count). The smallest absolute Gasteiger partial charge is 0.295 e. The van der Waals surface area contributed by atoms with Gasteiger partial charge in [0.15, 0.2) is 5.69 Å². The molecule has 1 fully saturated rings. The molecule has 1 N–H and O–H groups in total. The van der Waals surface area contributed by atoms with Crippen LogP contribution in [-0.4, -0.2) is 46.8 Å². The molecule has 1 aliphatic rings. The van der Waals surface area contributed by atoms with Gasteiger partial charge < -0.3 is 14.6 Å². The number of benzene rings is 3. The lowest BCUT2D eigenvalue weighted by Crippen LogP contribution is -2.37. The van der Waals surface area contributed by atoms with Crippen LogP contribution in [0.3, 0.4) is 0 Å². The third kappa shape index (κ3) is 4.68. The maximum absolute atomic E-state index is 12.8. The van der Waals surface area contributed by atoms with Crippen LogP contribution in [0.2, 0.25) is 0 Å². The molecule has 4 aromatic rings. The fourth-order valence-corrected chi connectivity index (χ4v) is 3.93. The Morgan fingerprint density at radius 3 is 2.50 bits per heavy atom. The summed E-state index contributed by atoms with van der Waals surface area (Å²) in [7, 11) is 0. The lowest BCUT2D eigenvalue weighted by Gasteiger charge is -2.27. The first kappa shape index (κ1) is 21.8. The van der Waals surface area contributed by atoms with E-state index in [1.807, 2.05) is 54.6 Å². The molecular formula is C26H24N4O4. The normalized spacial score (nSPS) is 14.6. The Labute approximate surface area is 196 Å². The van der Waals surface area contributed by atoms with Crippen molar-refractivity contribution in [1.82, 2.24) is 9.47 Å². The second-order valence-corrected chi connectivity index (χ2v) is 7.94. The van der Waals surface area contributed by atoms with Gasteiger partial charge in [-0.05, 0) is 36.4 Å². The Kier molecular flexibility index (Phi) is 6.33. The fourth-order valence-electron chi connectivity index (χ4n) is 3.93. The van der Waals surface area contributed by atoms with Gasteiger partial charge in [0.2, 0.25) is 5.88 Å². The summed E-state index contributed by atoms with van der Waals surface area (Å²) in [6, 6.07) is 23.6. The second kappa shape index (κ2) is 9.86. The van der Waals surface area contributed by atoms with Crippen LogP contribution in [0.4, 0.5) is 5.69 Å². The minimum absolute atomic E-state index is 0.0228. The van der Waals surface area contributed by atoms with Crippen LogP contribution in [0, 0.1) is 0 Å². The van der Waals surface area contributed by atoms with Crippen molar-refractivity contribution < 1.29 is 19.4 Å². The number of aromatic hydroxyl groups is 1. The molecule has 0 saturated carbocycles. The van der Waals surface area contributed by atoms with E-state index in [2.05, 4.69) is 15.1 Å². The predicted molar refractivity (Wildman–Crippen MR) is 128 cm³/mol. The molecule has 0 atom stereocenters. The number of morpholine rings is 1. The Hall–Kier alpha value is -4.01. The molecule has 2 heterocycles. The van der Waals surface area contributed by atoms with Gasteiger partial charge in [-0.1, -0.05) is 42.5 Å². The number of fused-ring (bicyclic) bond motifs is 1. The molecule has 34 heavy (non-hydrogen) atoms. The number of azo groups is 1. The van der Waals surface area contributed by atoms with Gasteiger partial charge in [0.1, 0.15) is 11.5 Å². The Bertz CT molecular complexity index is 1330. The summed E-state index contributed by atoms with van der Waals surface area (Å²) in [6.45, 7) is 3.38. The predicted octanol–water partition coefficient (Wildman–Crippen LogP) is 5.35. The molecule has 0 unspecified atom stereocenters. The SMILES string of the molecule is O=C(N=Nc1c(O)n(CN2CCOCC2)c2ccccc12)c1cccc(Oc2ccccc2)c1. The molecule has 0 radical (unpaired) electrons. The van der Waals surface area contributed by atoms with Crippen molar-refractivity contribution in [2.45, 2.75) is 6.67 Å². The monoisotopic (exact) mass is 456 g/mol. The van der Waals surface area contributed by atoms with Gasteiger partial charge in [-0.3, -0.25) is 14.3 Å². The third-order valence-corrected chi connectivity index (χ3v) is 5.66. The Balaban J connectivity index is 1.39. The summed E-state index contributed by atoms with van der Waals surface area (Å²) < 4.78 is 13.0. The van der Waals surface area contributed by atoms with Crippen LogP contribution in [0.5, 0.6) is 17.4 Å². The van der Waals surface area contributed by atoms with E-state index in [1.165, 1.54) is 0 Å². The number of rotatable bonds is 6. The summed E-state index contributed by atoms with van der Waals surface area (Å²) in [5.74, 6) is 0.650. The summed E-state index contributed by atoms with van der Waals surface area (Å²) in [5, 5.41) is 19.7. The molecular weight excluding hydrogens is 432 g/mol. The van der Waals surface area contributed by atoms with Gasteiger partial charge in [0, 0.05) is 24.0 Å². The van der Waals surface area contributed by atoms with Crippen LogP contribution in [-0.2, 0) is 11.4 Å². The topological polar surface area (TPSA) is 88.6 Å². The summed E-state index contributed by atoms with van der Waals surface area (Å²) in [5.41, 5.74) is 1.44. The Morgan fingerprint density at radius 2 is 1.68 bits per heavy atom. The van der Waals surface area contributed by atoms with Gasteiger partial charge in [-0.25, -0.2) is 0 Å². The lowest BCUT2D eigenvalue weighted by atomic mass is 10.2. The van der Waals surface area contributed by atoms with Crippen LogP contribution in [0.15, 0.2) is 89.1 Å². The molecule has 172 valence electrons. The van der Waals surface area contributed by atoms with E-state index in [9.17, 15) is 9.90 Å². The number of amides is 1. The highest BCUT2D eigenvalue weighted by Gasteiger charge is 2.20. The summed E-state index contributed by atoms with van der Waals surface area (Å²) in [6.07, 6.45) is 0. The molecule has 1 saturated heterocycles. The van der Waals surface area contributed by atoms with Crippen molar-refractivity contribution in [2.75, 3.05) is 26.3 Å². The maximum atomic E-state index is 12.8. The van der Waals surface area contributed by atoms with E-state index in [4.69, 9.17) is 9.47 Å². The molecule has 0 bridgehead atoms. The van der Waals surface area contributed by atoms with Crippen molar-refractivity contribution in [3.05, 3.63) is 84.4 Å². The minimum Gasteiger partial charge on any atom is -0.493 e. The quantitative estimate of drug-likeness (QED) is 0.395. The van der Waals surface area contributed by atoms with Crippen LogP contribution in [0.1, 0.15) is 10.4 Å². The van der Waals surface area contributed by atoms with Gasteiger partial charge >= 0.3 is 0 Å². The number of ether oxygens (including phenoxy) is 2. The highest BCUT2D eigenvalue weighted by atomic mass is 16.5. The van der Waals surface area contributed by atoms with Crippen LogP contribution >= 0.6 is 0 Å². The largest absolute Gasteiger partial charge is 0.493 e. The average Bonchev–Trinajstić information content (AvgIpc) is 3.14. The van der Waals surface area contributed by atoms with E-state index >= 15 is 0 Å². The number of aromatic nitrogens is 1. The summed E-state index contributed by atoms with van der Waals surface area (Å²) in [4.78, 5) is 15.0. The minimum atomic E-state index is -0.525. The lowest BCUT2D eigenvalue weighted by molar-refractivity contribution is 0.0231. The van der Waals surface area contributed by atoms with Crippen molar-refractivity contribution in [1.29, 1.82) is 0 Å². The van der Waals surface area contributed by atoms with Crippen molar-refractivity contribution >= 4 is 22.5 Å². The molecule has 0 aliphatic carbocycles. The first-order chi connectivity index (χ1) is 16.7. The number of nitrogens with zero attached hydrogens (tertiary/aromatic N) is 4. The average molecular weight is 457 g/mol. The second-order valence-electron chi connectivity index (χ2n) is 7.94. The number of hydrogen-bond acceptors (Lipinski definition) is 6. The Morgan fingerprint density at radius 1 is 0.941 bits per heavy atom. The number of carbonyl (C=O) groups is 1. The van der Waals surface area contributed by atoms with Gasteiger partial charge in [-0.15, -0.1) is 10.2 Å².